The van der Waals surface area contributed by atoms with Gasteiger partial charge in [-0.15, -0.1) is 0 Å². The number of halogens is 1. The van der Waals surface area contributed by atoms with E-state index in [9.17, 15) is 23.6 Å². The van der Waals surface area contributed by atoms with Crippen LogP contribution in [0.2, 0.25) is 0 Å². The lowest BCUT2D eigenvalue weighted by molar-refractivity contribution is -0.131. The first-order valence-corrected chi connectivity index (χ1v) is 8.66. The zero-order chi connectivity index (χ0) is 21.0. The molecule has 2 aromatic carbocycles. The molecule has 148 valence electrons. The van der Waals surface area contributed by atoms with Crippen molar-refractivity contribution in [2.45, 2.75) is 6.92 Å². The molecule has 0 bridgehead atoms. The Balaban J connectivity index is 1.84. The number of carbonyl (C=O) groups excluding carboxylic acids is 4. The van der Waals surface area contributed by atoms with Gasteiger partial charge in [0.05, 0.1) is 23.5 Å². The molecule has 0 unspecified atom stereocenters. The Morgan fingerprint density at radius 3 is 2.62 bits per heavy atom. The first kappa shape index (κ1) is 19.9. The topological polar surface area (TPSA) is 105 Å². The van der Waals surface area contributed by atoms with Gasteiger partial charge in [0.1, 0.15) is 5.82 Å². The van der Waals surface area contributed by atoms with Gasteiger partial charge in [0, 0.05) is 6.21 Å². The van der Waals surface area contributed by atoms with Crippen LogP contribution in [-0.4, -0.2) is 36.6 Å². The van der Waals surface area contributed by atoms with Crippen molar-refractivity contribution < 1.29 is 28.3 Å². The van der Waals surface area contributed by atoms with E-state index in [1.165, 1.54) is 18.2 Å². The van der Waals surface area contributed by atoms with E-state index < -0.39 is 35.5 Å². The van der Waals surface area contributed by atoms with Crippen LogP contribution in [0.3, 0.4) is 0 Å². The van der Waals surface area contributed by atoms with Crippen molar-refractivity contribution in [1.82, 2.24) is 5.32 Å². The highest BCUT2D eigenvalue weighted by atomic mass is 19.1. The number of barbiturate groups is 1. The fraction of sp³-hybridized carbons (Fsp3) is 0.150. The maximum atomic E-state index is 13.1. The highest BCUT2D eigenvalue weighted by Gasteiger charge is 2.40. The second-order valence-electron chi connectivity index (χ2n) is 5.97. The minimum Gasteiger partial charge on any atom is -0.462 e. The summed E-state index contributed by atoms with van der Waals surface area (Å²) in [5.74, 6) is -4.08. The number of imide groups is 2. The van der Waals surface area contributed by atoms with Crippen LogP contribution < -0.4 is 10.2 Å². The Bertz CT molecular complexity index is 1000. The van der Waals surface area contributed by atoms with Crippen LogP contribution in [0.1, 0.15) is 17.3 Å². The number of rotatable bonds is 5. The molecule has 1 N–H and O–H groups in total. The van der Waals surface area contributed by atoms with Gasteiger partial charge in [-0.2, -0.15) is 0 Å². The van der Waals surface area contributed by atoms with Gasteiger partial charge in [-0.25, -0.2) is 18.9 Å². The molecule has 1 saturated heterocycles. The first-order chi connectivity index (χ1) is 13.9. The van der Waals surface area contributed by atoms with E-state index in [2.05, 4.69) is 10.3 Å². The number of anilines is 1. The van der Waals surface area contributed by atoms with Gasteiger partial charge in [-0.3, -0.25) is 19.9 Å². The number of hydrogen-bond donors (Lipinski definition) is 1. The highest BCUT2D eigenvalue weighted by molar-refractivity contribution is 6.32. The summed E-state index contributed by atoms with van der Waals surface area (Å²) in [6.45, 7) is 1.90. The number of esters is 1. The molecular weight excluding hydrogens is 381 g/mol. The summed E-state index contributed by atoms with van der Waals surface area (Å²) in [7, 11) is 0. The van der Waals surface area contributed by atoms with E-state index in [1.807, 2.05) is 0 Å². The minimum absolute atomic E-state index is 0.115. The molecule has 1 aliphatic heterocycles. The Morgan fingerprint density at radius 2 is 1.93 bits per heavy atom. The molecule has 3 rings (SSSR count). The van der Waals surface area contributed by atoms with Gasteiger partial charge in [0.2, 0.25) is 5.91 Å². The van der Waals surface area contributed by atoms with Crippen LogP contribution >= 0.6 is 0 Å². The first-order valence-electron chi connectivity index (χ1n) is 8.66. The van der Waals surface area contributed by atoms with Gasteiger partial charge in [-0.1, -0.05) is 6.07 Å². The summed E-state index contributed by atoms with van der Waals surface area (Å²) in [5, 5.41) is 2.07. The number of carbonyl (C=O) groups is 4. The molecule has 0 spiro atoms. The highest BCUT2D eigenvalue weighted by Crippen LogP contribution is 2.21. The number of aliphatic imine (C=N–C) groups is 1. The van der Waals surface area contributed by atoms with Crippen molar-refractivity contribution in [1.29, 1.82) is 0 Å². The van der Waals surface area contributed by atoms with Gasteiger partial charge < -0.3 is 4.74 Å². The molecule has 8 nitrogen and oxygen atoms in total. The second kappa shape index (κ2) is 8.42. The fourth-order valence-electron chi connectivity index (χ4n) is 2.64. The number of benzene rings is 2. The molecule has 1 atom stereocenters. The van der Waals surface area contributed by atoms with Crippen molar-refractivity contribution in [2.75, 3.05) is 11.5 Å². The normalized spacial score (nSPS) is 16.8. The summed E-state index contributed by atoms with van der Waals surface area (Å²) in [5.41, 5.74) is 0.703. The van der Waals surface area contributed by atoms with E-state index >= 15 is 0 Å². The maximum Gasteiger partial charge on any atom is 0.338 e. The average Bonchev–Trinajstić information content (AvgIpc) is 2.69. The molecule has 9 heteroatoms. The predicted octanol–water partition coefficient (Wildman–Crippen LogP) is 2.60. The molecule has 4 amide bonds. The van der Waals surface area contributed by atoms with Crippen molar-refractivity contribution in [3.63, 3.8) is 0 Å². The Labute approximate surface area is 165 Å². The number of urea groups is 1. The monoisotopic (exact) mass is 397 g/mol. The number of ether oxygens (including phenoxy) is 1. The molecule has 0 radical (unpaired) electrons. The summed E-state index contributed by atoms with van der Waals surface area (Å²) in [6.07, 6.45) is 1.09. The Kier molecular flexibility index (Phi) is 5.77. The molecule has 2 aromatic rings. The maximum absolute atomic E-state index is 13.1. The average molecular weight is 397 g/mol. The lowest BCUT2D eigenvalue weighted by Crippen LogP contribution is -2.58. The van der Waals surface area contributed by atoms with Gasteiger partial charge in [0.15, 0.2) is 5.92 Å². The molecule has 1 aliphatic rings. The summed E-state index contributed by atoms with van der Waals surface area (Å²) >= 11 is 0. The Hall–Kier alpha value is -3.88. The van der Waals surface area contributed by atoms with Crippen LogP contribution in [0.4, 0.5) is 20.6 Å². The Morgan fingerprint density at radius 1 is 1.21 bits per heavy atom. The molecule has 29 heavy (non-hydrogen) atoms. The molecule has 0 aliphatic carbocycles. The van der Waals surface area contributed by atoms with Gasteiger partial charge in [0.25, 0.3) is 5.91 Å². The summed E-state index contributed by atoms with van der Waals surface area (Å²) < 4.78 is 18.0. The molecule has 0 aromatic heterocycles. The van der Waals surface area contributed by atoms with E-state index in [1.54, 1.807) is 25.1 Å². The van der Waals surface area contributed by atoms with E-state index in [0.717, 1.165) is 23.2 Å². The van der Waals surface area contributed by atoms with Crippen LogP contribution in [0, 0.1) is 11.7 Å². The van der Waals surface area contributed by atoms with Crippen LogP contribution in [0.25, 0.3) is 0 Å². The SMILES string of the molecule is CCOC(=O)c1cccc(N=C[C@@H]2C(=O)NC(=O)N(c3ccc(F)cc3)C2=O)c1. The lowest BCUT2D eigenvalue weighted by atomic mass is 10.1. The standard InChI is InChI=1S/C20H16FN3O5/c1-2-29-19(27)12-4-3-5-14(10-12)22-11-16-17(25)23-20(28)24(18(16)26)15-8-6-13(21)7-9-15/h3-11,16H,2H2,1H3,(H,23,25,28)/t16-/m1/s1. The molecular formula is C20H16FN3O5. The van der Waals surface area contributed by atoms with Crippen molar-refractivity contribution >= 4 is 41.4 Å². The number of hydrogen-bond acceptors (Lipinski definition) is 6. The number of nitrogens with zero attached hydrogens (tertiary/aromatic N) is 2. The lowest BCUT2D eigenvalue weighted by Gasteiger charge is -2.28. The molecule has 1 heterocycles. The predicted molar refractivity (Wildman–Crippen MR) is 101 cm³/mol. The van der Waals surface area contributed by atoms with Crippen LogP contribution in [0.5, 0.6) is 0 Å². The van der Waals surface area contributed by atoms with Gasteiger partial charge in [-0.05, 0) is 49.4 Å². The van der Waals surface area contributed by atoms with Gasteiger partial charge >= 0.3 is 12.0 Å². The smallest absolute Gasteiger partial charge is 0.338 e. The molecule has 0 saturated carbocycles. The fourth-order valence-corrected chi connectivity index (χ4v) is 2.64. The van der Waals surface area contributed by atoms with Crippen molar-refractivity contribution in [2.24, 2.45) is 10.9 Å². The van der Waals surface area contributed by atoms with E-state index in [-0.39, 0.29) is 17.9 Å². The zero-order valence-electron chi connectivity index (χ0n) is 15.3. The third-order valence-corrected chi connectivity index (χ3v) is 4.02. The third-order valence-electron chi connectivity index (χ3n) is 4.02. The van der Waals surface area contributed by atoms with E-state index in [4.69, 9.17) is 4.74 Å². The minimum atomic E-state index is -1.37. The quantitative estimate of drug-likeness (QED) is 0.474. The summed E-state index contributed by atoms with van der Waals surface area (Å²) in [4.78, 5) is 53.5. The largest absolute Gasteiger partial charge is 0.462 e. The number of nitrogens with one attached hydrogen (secondary N) is 1. The van der Waals surface area contributed by atoms with E-state index in [0.29, 0.717) is 5.69 Å². The van der Waals surface area contributed by atoms with Crippen molar-refractivity contribution in [3.8, 4) is 0 Å². The third kappa shape index (κ3) is 4.34. The second-order valence-corrected chi connectivity index (χ2v) is 5.97. The van der Waals surface area contributed by atoms with Crippen LogP contribution in [-0.2, 0) is 14.3 Å². The number of amides is 4. The van der Waals surface area contributed by atoms with Crippen LogP contribution in [0.15, 0.2) is 53.5 Å². The van der Waals surface area contributed by atoms with Crippen molar-refractivity contribution in [3.05, 3.63) is 59.9 Å². The zero-order valence-corrected chi connectivity index (χ0v) is 15.3. The molecule has 1 fully saturated rings. The summed E-state index contributed by atoms with van der Waals surface area (Å²) in [6, 6.07) is 9.91.